The summed E-state index contributed by atoms with van der Waals surface area (Å²) >= 11 is 0. The molecule has 0 aliphatic carbocycles. The van der Waals surface area contributed by atoms with Crippen LogP contribution in [0.5, 0.6) is 11.5 Å². The van der Waals surface area contributed by atoms with E-state index in [1.807, 2.05) is 18.2 Å². The molecule has 146 valence electrons. The molecular formula is C20H22FN5O2. The third-order valence-corrected chi connectivity index (χ3v) is 4.12. The quantitative estimate of drug-likeness (QED) is 0.587. The van der Waals surface area contributed by atoms with E-state index in [4.69, 9.17) is 9.47 Å². The van der Waals surface area contributed by atoms with Crippen LogP contribution in [0.3, 0.4) is 0 Å². The fraction of sp³-hybridized carbons (Fsp3) is 0.250. The molecule has 8 heteroatoms. The van der Waals surface area contributed by atoms with Gasteiger partial charge >= 0.3 is 0 Å². The van der Waals surface area contributed by atoms with Crippen molar-refractivity contribution in [3.8, 4) is 11.5 Å². The normalized spacial score (nSPS) is 10.4. The lowest BCUT2D eigenvalue weighted by atomic mass is 10.1. The Hall–Kier alpha value is -3.42. The molecule has 0 fully saturated rings. The van der Waals surface area contributed by atoms with Gasteiger partial charge in [-0.15, -0.1) is 5.10 Å². The number of nitrogens with one attached hydrogen (secondary N) is 2. The Bertz CT molecular complexity index is 923. The van der Waals surface area contributed by atoms with E-state index in [1.165, 1.54) is 6.07 Å². The molecular weight excluding hydrogens is 361 g/mol. The number of rotatable bonds is 9. The first-order valence-corrected chi connectivity index (χ1v) is 8.81. The van der Waals surface area contributed by atoms with Crippen molar-refractivity contribution < 1.29 is 13.9 Å². The lowest BCUT2D eigenvalue weighted by Crippen LogP contribution is -2.10. The molecule has 0 amide bonds. The van der Waals surface area contributed by atoms with Crippen LogP contribution in [-0.4, -0.2) is 35.9 Å². The molecule has 0 aliphatic heterocycles. The zero-order chi connectivity index (χ0) is 19.8. The summed E-state index contributed by atoms with van der Waals surface area (Å²) in [5.74, 6) is 2.05. The van der Waals surface area contributed by atoms with Gasteiger partial charge in [0.25, 0.3) is 0 Å². The van der Waals surface area contributed by atoms with E-state index in [2.05, 4.69) is 25.8 Å². The number of methoxy groups -OCH3 is 2. The molecule has 0 saturated carbocycles. The highest BCUT2D eigenvalue weighted by Crippen LogP contribution is 2.27. The first-order valence-electron chi connectivity index (χ1n) is 8.81. The SMILES string of the molecule is COc1ccc(CCNc2cnnc(NCc3ccccc3F)n2)cc1OC. The van der Waals surface area contributed by atoms with Gasteiger partial charge in [0.05, 0.1) is 20.4 Å². The smallest absolute Gasteiger partial charge is 0.244 e. The summed E-state index contributed by atoms with van der Waals surface area (Å²) in [7, 11) is 3.22. The van der Waals surface area contributed by atoms with Crippen LogP contribution in [0.4, 0.5) is 16.2 Å². The van der Waals surface area contributed by atoms with E-state index in [0.29, 0.717) is 35.4 Å². The number of benzene rings is 2. The first kappa shape index (κ1) is 19.3. The van der Waals surface area contributed by atoms with Crippen molar-refractivity contribution >= 4 is 11.8 Å². The van der Waals surface area contributed by atoms with Gasteiger partial charge in [0.1, 0.15) is 5.82 Å². The van der Waals surface area contributed by atoms with Gasteiger partial charge in [-0.25, -0.2) is 4.39 Å². The fourth-order valence-electron chi connectivity index (χ4n) is 2.65. The number of hydrogen-bond acceptors (Lipinski definition) is 7. The van der Waals surface area contributed by atoms with Gasteiger partial charge in [-0.2, -0.15) is 10.1 Å². The van der Waals surface area contributed by atoms with E-state index in [9.17, 15) is 4.39 Å². The van der Waals surface area contributed by atoms with Crippen LogP contribution < -0.4 is 20.1 Å². The van der Waals surface area contributed by atoms with E-state index in [1.54, 1.807) is 38.6 Å². The summed E-state index contributed by atoms with van der Waals surface area (Å²) < 4.78 is 24.2. The summed E-state index contributed by atoms with van der Waals surface area (Å²) in [6.45, 7) is 0.935. The predicted octanol–water partition coefficient (Wildman–Crippen LogP) is 3.29. The molecule has 7 nitrogen and oxygen atoms in total. The Morgan fingerprint density at radius 3 is 2.61 bits per heavy atom. The molecule has 0 bridgehead atoms. The average Bonchev–Trinajstić information content (AvgIpc) is 2.73. The van der Waals surface area contributed by atoms with Crippen molar-refractivity contribution in [3.63, 3.8) is 0 Å². The molecule has 0 unspecified atom stereocenters. The molecule has 0 atom stereocenters. The van der Waals surface area contributed by atoms with Crippen LogP contribution in [0.15, 0.2) is 48.7 Å². The second-order valence-corrected chi connectivity index (χ2v) is 5.98. The molecule has 3 aromatic rings. The third kappa shape index (κ3) is 5.06. The van der Waals surface area contributed by atoms with Gasteiger partial charge in [-0.05, 0) is 30.2 Å². The van der Waals surface area contributed by atoms with Crippen molar-refractivity contribution in [1.82, 2.24) is 15.2 Å². The van der Waals surface area contributed by atoms with Gasteiger partial charge in [0.2, 0.25) is 5.95 Å². The minimum atomic E-state index is -0.271. The number of aromatic nitrogens is 3. The maximum atomic E-state index is 13.7. The zero-order valence-electron chi connectivity index (χ0n) is 15.8. The van der Waals surface area contributed by atoms with E-state index in [0.717, 1.165) is 12.0 Å². The summed E-state index contributed by atoms with van der Waals surface area (Å²) in [6.07, 6.45) is 2.31. The molecule has 0 spiro atoms. The largest absolute Gasteiger partial charge is 0.493 e. The standard InChI is InChI=1S/C20H22FN5O2/c1-27-17-8-7-14(11-18(17)28-2)9-10-22-19-13-24-26-20(25-19)23-12-15-5-3-4-6-16(15)21/h3-8,11,13H,9-10,12H2,1-2H3,(H2,22,23,25,26). The number of hydrogen-bond donors (Lipinski definition) is 2. The molecule has 28 heavy (non-hydrogen) atoms. The number of halogens is 1. The van der Waals surface area contributed by atoms with Gasteiger partial charge < -0.3 is 20.1 Å². The Morgan fingerprint density at radius 2 is 1.82 bits per heavy atom. The Labute approximate surface area is 162 Å². The molecule has 0 saturated heterocycles. The minimum Gasteiger partial charge on any atom is -0.493 e. The summed E-state index contributed by atoms with van der Waals surface area (Å²) in [5, 5.41) is 14.0. The van der Waals surface area contributed by atoms with Gasteiger partial charge in [0, 0.05) is 18.7 Å². The lowest BCUT2D eigenvalue weighted by Gasteiger charge is -2.10. The highest BCUT2D eigenvalue weighted by atomic mass is 19.1. The molecule has 2 N–H and O–H groups in total. The Kier molecular flexibility index (Phi) is 6.56. The molecule has 0 radical (unpaired) electrons. The van der Waals surface area contributed by atoms with Crippen molar-refractivity contribution in [3.05, 3.63) is 65.6 Å². The highest BCUT2D eigenvalue weighted by molar-refractivity contribution is 5.43. The number of ether oxygens (including phenoxy) is 2. The molecule has 0 aliphatic rings. The maximum absolute atomic E-state index is 13.7. The van der Waals surface area contributed by atoms with Gasteiger partial charge in [-0.3, -0.25) is 0 Å². The average molecular weight is 383 g/mol. The Morgan fingerprint density at radius 1 is 1.00 bits per heavy atom. The second kappa shape index (κ2) is 9.50. The van der Waals surface area contributed by atoms with E-state index < -0.39 is 0 Å². The van der Waals surface area contributed by atoms with Crippen molar-refractivity contribution in [1.29, 1.82) is 0 Å². The van der Waals surface area contributed by atoms with Crippen LogP contribution in [-0.2, 0) is 13.0 Å². The lowest BCUT2D eigenvalue weighted by molar-refractivity contribution is 0.354. The maximum Gasteiger partial charge on any atom is 0.244 e. The van der Waals surface area contributed by atoms with Crippen LogP contribution in [0.1, 0.15) is 11.1 Å². The second-order valence-electron chi connectivity index (χ2n) is 5.98. The van der Waals surface area contributed by atoms with Gasteiger partial charge in [0.15, 0.2) is 17.3 Å². The first-order chi connectivity index (χ1) is 13.7. The van der Waals surface area contributed by atoms with Crippen LogP contribution >= 0.6 is 0 Å². The molecule has 2 aromatic carbocycles. The zero-order valence-corrected chi connectivity index (χ0v) is 15.8. The van der Waals surface area contributed by atoms with E-state index in [-0.39, 0.29) is 12.4 Å². The number of anilines is 2. The fourth-order valence-corrected chi connectivity index (χ4v) is 2.65. The molecule has 1 heterocycles. The predicted molar refractivity (Wildman–Crippen MR) is 105 cm³/mol. The third-order valence-electron chi connectivity index (χ3n) is 4.12. The highest BCUT2D eigenvalue weighted by Gasteiger charge is 2.06. The van der Waals surface area contributed by atoms with Crippen LogP contribution in [0.2, 0.25) is 0 Å². The van der Waals surface area contributed by atoms with E-state index >= 15 is 0 Å². The minimum absolute atomic E-state index is 0.271. The number of nitrogens with zero attached hydrogens (tertiary/aromatic N) is 3. The summed E-state index contributed by atoms with van der Waals surface area (Å²) in [5.41, 5.74) is 1.64. The summed E-state index contributed by atoms with van der Waals surface area (Å²) in [6, 6.07) is 12.4. The summed E-state index contributed by atoms with van der Waals surface area (Å²) in [4.78, 5) is 4.35. The van der Waals surface area contributed by atoms with Crippen molar-refractivity contribution in [2.45, 2.75) is 13.0 Å². The van der Waals surface area contributed by atoms with Crippen LogP contribution in [0.25, 0.3) is 0 Å². The van der Waals surface area contributed by atoms with Crippen LogP contribution in [0, 0.1) is 5.82 Å². The van der Waals surface area contributed by atoms with Crippen molar-refractivity contribution in [2.24, 2.45) is 0 Å². The molecule has 1 aromatic heterocycles. The molecule has 3 rings (SSSR count). The monoisotopic (exact) mass is 383 g/mol. The Balaban J connectivity index is 1.54. The van der Waals surface area contributed by atoms with Crippen molar-refractivity contribution in [2.75, 3.05) is 31.4 Å². The topological polar surface area (TPSA) is 81.2 Å². The van der Waals surface area contributed by atoms with Gasteiger partial charge in [-0.1, -0.05) is 24.3 Å².